The number of aryl methyl sites for hydroxylation is 1. The number of nitrogens with zero attached hydrogens (tertiary/aromatic N) is 10. The molecule has 4 saturated heterocycles. The van der Waals surface area contributed by atoms with Gasteiger partial charge in [-0.25, -0.2) is 47.8 Å². The molecule has 6 aromatic rings. The number of H-pyrrole nitrogens is 2. The number of aromatic nitrogens is 12. The van der Waals surface area contributed by atoms with Gasteiger partial charge >= 0.3 is 42.7 Å². The number of fused-ring (bicyclic) bond motifs is 2. The minimum atomic E-state index is -5.77. The first-order valence-electron chi connectivity index (χ1n) is 24.7. The van der Waals surface area contributed by atoms with Gasteiger partial charge in [-0.3, -0.25) is 69.5 Å². The Balaban J connectivity index is 0.881. The number of nitrogen functional groups attached to an aromatic ring is 3. The van der Waals surface area contributed by atoms with Gasteiger partial charge in [0.15, 0.2) is 41.3 Å². The van der Waals surface area contributed by atoms with E-state index in [1.807, 2.05) is 0 Å². The van der Waals surface area contributed by atoms with E-state index in [4.69, 9.17) is 63.3 Å². The van der Waals surface area contributed by atoms with Crippen LogP contribution in [-0.4, -0.2) is 197 Å². The number of imidazole rings is 2. The number of nitrogens with one attached hydrogen (secondary N) is 2. The van der Waals surface area contributed by atoms with E-state index in [0.29, 0.717) is 4.57 Å². The number of hydrogen-bond donors (Lipinski definition) is 14. The van der Waals surface area contributed by atoms with E-state index in [-0.39, 0.29) is 45.9 Å². The first-order valence-corrected chi connectivity index (χ1v) is 30.7. The zero-order valence-electron chi connectivity index (χ0n) is 43.4. The summed E-state index contributed by atoms with van der Waals surface area (Å²) in [6, 6.07) is 1.10. The molecular weight excluding hydrogens is 1250 g/mol. The van der Waals surface area contributed by atoms with Crippen molar-refractivity contribution in [2.75, 3.05) is 43.6 Å². The molecule has 10 rings (SSSR count). The van der Waals surface area contributed by atoms with Crippen molar-refractivity contribution < 1.29 is 114 Å². The minimum absolute atomic E-state index is 0.00783. The largest absolute Gasteiger partial charge is 0.472 e. The highest BCUT2D eigenvalue weighted by molar-refractivity contribution is 7.48. The van der Waals surface area contributed by atoms with Gasteiger partial charge in [0.25, 0.3) is 11.1 Å². The second-order valence-electron chi connectivity index (χ2n) is 19.3. The van der Waals surface area contributed by atoms with Crippen molar-refractivity contribution in [2.24, 2.45) is 0 Å². The van der Waals surface area contributed by atoms with Crippen molar-refractivity contribution in [1.29, 1.82) is 0 Å². The molecule has 0 radical (unpaired) electrons. The number of anilines is 3. The third-order valence-electron chi connectivity index (χ3n) is 13.5. The van der Waals surface area contributed by atoms with Gasteiger partial charge in [0.1, 0.15) is 84.9 Å². The lowest BCUT2D eigenvalue weighted by atomic mass is 10.1. The summed E-state index contributed by atoms with van der Waals surface area (Å²) in [5.41, 5.74) is 13.0. The molecule has 470 valence electrons. The molecule has 0 saturated carbocycles. The number of rotatable bonds is 22. The molecule has 0 amide bonds. The molecule has 4 aliphatic rings. The van der Waals surface area contributed by atoms with Crippen LogP contribution in [0.25, 0.3) is 22.3 Å². The van der Waals surface area contributed by atoms with Gasteiger partial charge in [0, 0.05) is 24.4 Å². The van der Waals surface area contributed by atoms with Crippen molar-refractivity contribution in [2.45, 2.75) is 105 Å². The molecule has 3 unspecified atom stereocenters. The van der Waals surface area contributed by atoms with Gasteiger partial charge in [0.2, 0.25) is 5.95 Å². The van der Waals surface area contributed by atoms with Crippen LogP contribution >= 0.6 is 31.3 Å². The van der Waals surface area contributed by atoms with E-state index in [9.17, 15) is 82.3 Å². The average Bonchev–Trinajstić information content (AvgIpc) is 2.14. The van der Waals surface area contributed by atoms with E-state index in [1.165, 1.54) is 13.1 Å². The Labute approximate surface area is 475 Å². The molecular formula is C39H51N15O28P4. The summed E-state index contributed by atoms with van der Waals surface area (Å²) in [6.45, 7) is -3.18. The molecule has 47 heteroatoms. The molecule has 4 fully saturated rings. The number of phosphoric acid groups is 4. The second-order valence-corrected chi connectivity index (χ2v) is 24.7. The van der Waals surface area contributed by atoms with Crippen molar-refractivity contribution in [3.8, 4) is 0 Å². The minimum Gasteiger partial charge on any atom is -0.390 e. The third kappa shape index (κ3) is 13.4. The highest BCUT2D eigenvalue weighted by Gasteiger charge is 2.55. The first kappa shape index (κ1) is 63.0. The predicted octanol–water partition coefficient (Wildman–Crippen LogP) is -5.14. The van der Waals surface area contributed by atoms with Gasteiger partial charge in [-0.1, -0.05) is 0 Å². The molecule has 86 heavy (non-hydrogen) atoms. The first-order chi connectivity index (χ1) is 40.4. The molecule has 0 aliphatic carbocycles. The molecule has 0 spiro atoms. The molecule has 0 bridgehead atoms. The Morgan fingerprint density at radius 1 is 0.605 bits per heavy atom. The summed E-state index contributed by atoms with van der Waals surface area (Å²) in [5, 5.41) is 45.6. The fourth-order valence-electron chi connectivity index (χ4n) is 9.51. The Kier molecular flexibility index (Phi) is 17.7. The molecule has 18 atom stereocenters. The summed E-state index contributed by atoms with van der Waals surface area (Å²) >= 11 is 0. The SMILES string of the molecule is Cc1cn([C@H]2C[C@H](O)[C@@H](COP(=O)(O)O[C@H]3[C@@H](O)[C@H](n4cnc5c(N)ncnc54)O[C@@H]3COP(=O)(O)O[C@H]3[C@@H](O)[C@H](n4cnc5c(=O)[nH]c(N)nc54)O[C@@H]3COP(=O)(O)O[C@H]3[C@@H](O)[C@H](n4ccc(N)nc4=O)O[C@@H]3COP(=O)(O)O)O2)c(=O)[nH]c1=O. The highest BCUT2D eigenvalue weighted by Crippen LogP contribution is 2.54. The normalized spacial score (nSPS) is 30.9. The summed E-state index contributed by atoms with van der Waals surface area (Å²) in [5.74, 6) is -0.855. The molecule has 4 aliphatic heterocycles. The smallest absolute Gasteiger partial charge is 0.390 e. The summed E-state index contributed by atoms with van der Waals surface area (Å²) in [6.07, 6.45) is -23.2. The molecule has 6 aromatic heterocycles. The predicted molar refractivity (Wildman–Crippen MR) is 275 cm³/mol. The number of aromatic amines is 2. The van der Waals surface area contributed by atoms with Crippen LogP contribution < -0.4 is 39.7 Å². The zero-order valence-corrected chi connectivity index (χ0v) is 47.0. The van der Waals surface area contributed by atoms with E-state index in [0.717, 1.165) is 44.9 Å². The van der Waals surface area contributed by atoms with Crippen LogP contribution in [0.4, 0.5) is 17.6 Å². The third-order valence-corrected chi connectivity index (χ3v) is 16.9. The van der Waals surface area contributed by atoms with Crippen molar-refractivity contribution >= 4 is 71.2 Å². The van der Waals surface area contributed by atoms with Crippen LogP contribution in [0.15, 0.2) is 56.6 Å². The van der Waals surface area contributed by atoms with Gasteiger partial charge in [-0.2, -0.15) is 9.97 Å². The van der Waals surface area contributed by atoms with Gasteiger partial charge in [0.05, 0.1) is 45.2 Å². The fourth-order valence-corrected chi connectivity index (χ4v) is 12.7. The summed E-state index contributed by atoms with van der Waals surface area (Å²) in [4.78, 5) is 130. The standard InChI is InChI=1S/C39H51N15O28P4/c1-13-5-52(39(62)50-32(13)59)20-4-14(55)15(76-20)6-73-84(66,67)81-27-17(78-35(24(27)57)53-11-45-21-29(41)43-10-44-30(21)53)8-74-86(70,71)82-28-18(79-36(25(28)58)54-12-46-22-31(54)48-37(42)49-33(22)60)9-75-85(68,69)80-26-16(7-72-83(63,64)65)77-34(23(26)56)51-3-2-19(40)47-38(51)61/h2-3,5,10-12,14-18,20,23-28,34-36,55-58H,4,6-9H2,1H3,(H,66,67)(H,68,69)(H,70,71)(H2,40,47,61)(H2,41,43,44)(H,50,59,62)(H2,63,64,65)(H3,42,48,49,60)/t14-,15+,16+,17+,18+,20+,23+,24+,25+,26+,27+,28+,34+,35+,36+/m0/s1. The highest BCUT2D eigenvalue weighted by atomic mass is 31.2. The van der Waals surface area contributed by atoms with Crippen LogP contribution in [0.1, 0.15) is 36.9 Å². The van der Waals surface area contributed by atoms with Crippen molar-refractivity contribution in [1.82, 2.24) is 58.1 Å². The Bertz CT molecular complexity index is 3970. The topological polar surface area (TPSA) is 627 Å². The number of aliphatic hydroxyl groups is 4. The molecule has 0 aromatic carbocycles. The van der Waals surface area contributed by atoms with Gasteiger partial charge in [-0.15, -0.1) is 0 Å². The van der Waals surface area contributed by atoms with Crippen molar-refractivity contribution in [3.05, 3.63) is 84.7 Å². The number of nitrogens with two attached hydrogens (primary N) is 3. The zero-order chi connectivity index (χ0) is 62.1. The number of hydrogen-bond acceptors (Lipinski definition) is 32. The quantitative estimate of drug-likeness (QED) is 0.0283. The average molecular weight is 1300 g/mol. The summed E-state index contributed by atoms with van der Waals surface area (Å²) in [7, 11) is -22.2. The molecule has 43 nitrogen and oxygen atoms in total. The van der Waals surface area contributed by atoms with Crippen LogP contribution in [0.5, 0.6) is 0 Å². The van der Waals surface area contributed by atoms with E-state index < -0.39 is 178 Å². The lowest BCUT2D eigenvalue weighted by molar-refractivity contribution is -0.0630. The maximum Gasteiger partial charge on any atom is 0.472 e. The van der Waals surface area contributed by atoms with E-state index in [1.54, 1.807) is 0 Å². The molecule has 17 N–H and O–H groups in total. The summed E-state index contributed by atoms with van der Waals surface area (Å²) < 4.78 is 116. The number of ether oxygens (including phenoxy) is 4. The second kappa shape index (κ2) is 24.2. The monoisotopic (exact) mass is 1300 g/mol. The van der Waals surface area contributed by atoms with Crippen LogP contribution in [0, 0.1) is 6.92 Å². The van der Waals surface area contributed by atoms with E-state index >= 15 is 0 Å². The van der Waals surface area contributed by atoms with Crippen LogP contribution in [0.2, 0.25) is 0 Å². The Morgan fingerprint density at radius 3 is 1.64 bits per heavy atom. The Hall–Kier alpha value is -6.02. The Morgan fingerprint density at radius 2 is 1.10 bits per heavy atom. The lowest BCUT2D eigenvalue weighted by Gasteiger charge is -2.26. The number of aliphatic hydroxyl groups excluding tert-OH is 4. The fraction of sp³-hybridized carbons (Fsp3) is 0.538. The van der Waals surface area contributed by atoms with Crippen molar-refractivity contribution in [3.63, 3.8) is 0 Å². The maximum atomic E-state index is 14.1. The lowest BCUT2D eigenvalue weighted by Crippen LogP contribution is -2.38. The van der Waals surface area contributed by atoms with Gasteiger partial charge < -0.3 is 81.0 Å². The number of phosphoric ester groups is 4. The van der Waals surface area contributed by atoms with Gasteiger partial charge in [-0.05, 0) is 13.0 Å². The molecule has 10 heterocycles. The van der Waals surface area contributed by atoms with Crippen LogP contribution in [0.3, 0.4) is 0 Å². The maximum absolute atomic E-state index is 14.1. The van der Waals surface area contributed by atoms with Crippen LogP contribution in [-0.2, 0) is 68.9 Å². The van der Waals surface area contributed by atoms with E-state index in [2.05, 4.69) is 44.4 Å².